The second kappa shape index (κ2) is 9.61. The van der Waals surface area contributed by atoms with E-state index >= 15 is 0 Å². The van der Waals surface area contributed by atoms with E-state index in [1.807, 2.05) is 32.9 Å². The highest BCUT2D eigenvalue weighted by Gasteiger charge is 2.27. The average molecular weight is 421 g/mol. The summed E-state index contributed by atoms with van der Waals surface area (Å²) in [6.07, 6.45) is 0. The third kappa shape index (κ3) is 4.85. The normalized spacial score (nSPS) is 10.3. The van der Waals surface area contributed by atoms with Crippen molar-refractivity contribution in [2.75, 3.05) is 30.8 Å². The zero-order chi connectivity index (χ0) is 20.8. The third-order valence-electron chi connectivity index (χ3n) is 4.14. The Bertz CT molecular complexity index is 891. The fourth-order valence-corrected chi connectivity index (χ4v) is 4.11. The van der Waals surface area contributed by atoms with Crippen molar-refractivity contribution in [2.45, 2.75) is 27.7 Å². The van der Waals surface area contributed by atoms with Gasteiger partial charge in [0.05, 0.1) is 17.6 Å². The number of anilines is 2. The number of nitrogens with zero attached hydrogens (tertiary/aromatic N) is 2. The van der Waals surface area contributed by atoms with Crippen LogP contribution in [0.3, 0.4) is 0 Å². The van der Waals surface area contributed by atoms with Crippen LogP contribution in [0.15, 0.2) is 18.2 Å². The van der Waals surface area contributed by atoms with Crippen molar-refractivity contribution >= 4 is 51.4 Å². The molecular weight excluding hydrogens is 396 g/mol. The molecule has 0 spiro atoms. The number of amides is 1. The molecule has 0 aliphatic rings. The minimum Gasteiger partial charge on any atom is -0.465 e. The number of nitrogens with one attached hydrogen (secondary N) is 2. The van der Waals surface area contributed by atoms with E-state index in [4.69, 9.17) is 17.0 Å². The molecule has 0 aliphatic heterocycles. The minimum absolute atomic E-state index is 0.120. The first-order chi connectivity index (χ1) is 13.3. The highest BCUT2D eigenvalue weighted by molar-refractivity contribution is 7.80. The summed E-state index contributed by atoms with van der Waals surface area (Å²) in [5.74, 6) is -0.0545. The Morgan fingerprint density at radius 1 is 1.21 bits per heavy atom. The summed E-state index contributed by atoms with van der Waals surface area (Å²) in [5.41, 5.74) is 1.74. The number of carbonyl (C=O) groups excluding carboxylic acids is 2. The summed E-state index contributed by atoms with van der Waals surface area (Å²) < 4.78 is 4.91. The summed E-state index contributed by atoms with van der Waals surface area (Å²) in [6.45, 7) is 8.62. The predicted molar refractivity (Wildman–Crippen MR) is 116 cm³/mol. The zero-order valence-corrected chi connectivity index (χ0v) is 18.2. The quantitative estimate of drug-likeness (QED) is 0.543. The lowest BCUT2D eigenvalue weighted by molar-refractivity contribution is 0.0601. The van der Waals surface area contributed by atoms with E-state index in [2.05, 4.69) is 15.6 Å². The standard InChI is InChI=1S/C19H24N4O3S2/c1-6-23(7-2)17(24)15-12(4)14(18(25)26-5)16(28-15)22-19(27)21-13-10-8-9-11(3)20-13/h8-10H,6-7H2,1-5H3,(H2,20,21,22,27). The number of carbonyl (C=O) groups is 2. The number of thiocarbonyl (C=S) groups is 1. The second-order valence-electron chi connectivity index (χ2n) is 5.97. The van der Waals surface area contributed by atoms with E-state index in [1.165, 1.54) is 18.4 Å². The molecule has 0 fully saturated rings. The molecule has 0 aliphatic carbocycles. The molecule has 0 unspecified atom stereocenters. The molecule has 2 heterocycles. The fraction of sp³-hybridized carbons (Fsp3) is 0.368. The van der Waals surface area contributed by atoms with Crippen molar-refractivity contribution in [1.29, 1.82) is 0 Å². The van der Waals surface area contributed by atoms with Gasteiger partial charge in [-0.2, -0.15) is 0 Å². The van der Waals surface area contributed by atoms with Crippen molar-refractivity contribution in [1.82, 2.24) is 9.88 Å². The molecule has 0 bridgehead atoms. The number of methoxy groups -OCH3 is 1. The Morgan fingerprint density at radius 3 is 2.46 bits per heavy atom. The van der Waals surface area contributed by atoms with Crippen LogP contribution in [-0.4, -0.2) is 47.1 Å². The van der Waals surface area contributed by atoms with Gasteiger partial charge in [0, 0.05) is 18.8 Å². The molecule has 9 heteroatoms. The summed E-state index contributed by atoms with van der Waals surface area (Å²) in [7, 11) is 1.31. The highest BCUT2D eigenvalue weighted by Crippen LogP contribution is 2.34. The largest absolute Gasteiger partial charge is 0.465 e. The van der Waals surface area contributed by atoms with E-state index in [0.29, 0.717) is 39.9 Å². The van der Waals surface area contributed by atoms with Crippen molar-refractivity contribution in [3.63, 3.8) is 0 Å². The molecule has 7 nitrogen and oxygen atoms in total. The van der Waals surface area contributed by atoms with Gasteiger partial charge in [-0.05, 0) is 57.6 Å². The molecule has 2 N–H and O–H groups in total. The number of hydrogen-bond donors (Lipinski definition) is 2. The first kappa shape index (κ1) is 21.8. The Morgan fingerprint density at radius 2 is 1.89 bits per heavy atom. The van der Waals surface area contributed by atoms with Crippen LogP contribution in [0.25, 0.3) is 0 Å². The van der Waals surface area contributed by atoms with Gasteiger partial charge >= 0.3 is 5.97 Å². The minimum atomic E-state index is -0.522. The monoisotopic (exact) mass is 420 g/mol. The SMILES string of the molecule is CCN(CC)C(=O)c1sc(NC(=S)Nc2cccc(C)n2)c(C(=O)OC)c1C. The fourth-order valence-electron chi connectivity index (χ4n) is 2.67. The number of aryl methyl sites for hydroxylation is 1. The van der Waals surface area contributed by atoms with Gasteiger partial charge in [-0.1, -0.05) is 6.07 Å². The Balaban J connectivity index is 2.34. The van der Waals surface area contributed by atoms with Crippen LogP contribution in [0.2, 0.25) is 0 Å². The van der Waals surface area contributed by atoms with Crippen LogP contribution in [0.5, 0.6) is 0 Å². The summed E-state index contributed by atoms with van der Waals surface area (Å²) in [6, 6.07) is 5.53. The first-order valence-electron chi connectivity index (χ1n) is 8.84. The smallest absolute Gasteiger partial charge is 0.341 e. The van der Waals surface area contributed by atoms with E-state index in [-0.39, 0.29) is 11.0 Å². The predicted octanol–water partition coefficient (Wildman–Crippen LogP) is 3.84. The lowest BCUT2D eigenvalue weighted by atomic mass is 10.1. The van der Waals surface area contributed by atoms with Crippen LogP contribution in [0.1, 0.15) is 45.1 Å². The number of rotatable bonds is 6. The molecule has 1 amide bonds. The van der Waals surface area contributed by atoms with Gasteiger partial charge in [-0.3, -0.25) is 4.79 Å². The maximum absolute atomic E-state index is 12.8. The number of ether oxygens (including phenoxy) is 1. The maximum atomic E-state index is 12.8. The molecule has 150 valence electrons. The van der Waals surface area contributed by atoms with Crippen molar-refractivity contribution < 1.29 is 14.3 Å². The van der Waals surface area contributed by atoms with Gasteiger partial charge in [0.15, 0.2) is 5.11 Å². The van der Waals surface area contributed by atoms with Gasteiger partial charge in [0.1, 0.15) is 10.8 Å². The first-order valence-corrected chi connectivity index (χ1v) is 10.1. The van der Waals surface area contributed by atoms with Gasteiger partial charge in [0.2, 0.25) is 0 Å². The van der Waals surface area contributed by atoms with Crippen LogP contribution in [0.4, 0.5) is 10.8 Å². The van der Waals surface area contributed by atoms with E-state index in [9.17, 15) is 9.59 Å². The number of esters is 1. The molecule has 28 heavy (non-hydrogen) atoms. The van der Waals surface area contributed by atoms with E-state index in [0.717, 1.165) is 5.69 Å². The van der Waals surface area contributed by atoms with Gasteiger partial charge < -0.3 is 20.3 Å². The topological polar surface area (TPSA) is 83.6 Å². The zero-order valence-electron chi connectivity index (χ0n) is 16.6. The van der Waals surface area contributed by atoms with Gasteiger partial charge in [-0.25, -0.2) is 9.78 Å². The Hall–Kier alpha value is -2.52. The molecule has 0 aromatic carbocycles. The summed E-state index contributed by atoms with van der Waals surface area (Å²) >= 11 is 6.54. The second-order valence-corrected chi connectivity index (χ2v) is 7.40. The van der Waals surface area contributed by atoms with Gasteiger partial charge in [0.25, 0.3) is 5.91 Å². The Kier molecular flexibility index (Phi) is 7.47. The highest BCUT2D eigenvalue weighted by atomic mass is 32.1. The van der Waals surface area contributed by atoms with E-state index in [1.54, 1.807) is 17.9 Å². The molecule has 0 saturated heterocycles. The third-order valence-corrected chi connectivity index (χ3v) is 5.54. The van der Waals surface area contributed by atoms with E-state index < -0.39 is 5.97 Å². The van der Waals surface area contributed by atoms with Crippen LogP contribution >= 0.6 is 23.6 Å². The van der Waals surface area contributed by atoms with Crippen LogP contribution in [0, 0.1) is 13.8 Å². The molecule has 2 aromatic rings. The molecule has 0 saturated carbocycles. The van der Waals surface area contributed by atoms with Crippen molar-refractivity contribution in [3.05, 3.63) is 39.9 Å². The summed E-state index contributed by atoms with van der Waals surface area (Å²) in [4.78, 5) is 31.7. The molecule has 2 aromatic heterocycles. The van der Waals surface area contributed by atoms with Crippen molar-refractivity contribution in [3.8, 4) is 0 Å². The average Bonchev–Trinajstić information content (AvgIpc) is 2.97. The molecular formula is C19H24N4O3S2. The lowest BCUT2D eigenvalue weighted by Crippen LogP contribution is -2.30. The number of pyridine rings is 1. The summed E-state index contributed by atoms with van der Waals surface area (Å²) in [5, 5.41) is 6.73. The number of hydrogen-bond acceptors (Lipinski definition) is 6. The van der Waals surface area contributed by atoms with Crippen LogP contribution in [-0.2, 0) is 4.74 Å². The number of thiophene rings is 1. The molecule has 0 atom stereocenters. The van der Waals surface area contributed by atoms with Crippen LogP contribution < -0.4 is 10.6 Å². The van der Waals surface area contributed by atoms with Crippen molar-refractivity contribution in [2.24, 2.45) is 0 Å². The molecule has 2 rings (SSSR count). The maximum Gasteiger partial charge on any atom is 0.341 e. The lowest BCUT2D eigenvalue weighted by Gasteiger charge is -2.17. The Labute approximate surface area is 174 Å². The molecule has 0 radical (unpaired) electrons. The number of aromatic nitrogens is 1. The van der Waals surface area contributed by atoms with Gasteiger partial charge in [-0.15, -0.1) is 11.3 Å².